The van der Waals surface area contributed by atoms with Crippen molar-refractivity contribution in [2.45, 2.75) is 25.9 Å². The highest BCUT2D eigenvalue weighted by Gasteiger charge is 2.31. The third kappa shape index (κ3) is 4.14. The van der Waals surface area contributed by atoms with E-state index in [0.29, 0.717) is 30.8 Å². The molecule has 0 atom stereocenters. The van der Waals surface area contributed by atoms with Crippen LogP contribution in [-0.4, -0.2) is 26.6 Å². The van der Waals surface area contributed by atoms with E-state index in [-0.39, 0.29) is 11.3 Å². The molecular weight excluding hydrogens is 393 g/mol. The molecule has 1 aliphatic heterocycles. The summed E-state index contributed by atoms with van der Waals surface area (Å²) in [6.07, 6.45) is -3.23. The van der Waals surface area contributed by atoms with E-state index in [1.807, 2.05) is 0 Å². The predicted octanol–water partition coefficient (Wildman–Crippen LogP) is 4.06. The average Bonchev–Trinajstić information content (AvgIpc) is 2.66. The summed E-state index contributed by atoms with van der Waals surface area (Å²) in [6, 6.07) is 9.01. The van der Waals surface area contributed by atoms with Gasteiger partial charge in [-0.2, -0.15) is 13.2 Å². The molecule has 0 fully saturated rings. The van der Waals surface area contributed by atoms with Crippen LogP contribution in [0.25, 0.3) is 0 Å². The molecule has 28 heavy (non-hydrogen) atoms. The maximum Gasteiger partial charge on any atom is 0.416 e. The van der Waals surface area contributed by atoms with E-state index in [9.17, 15) is 26.4 Å². The lowest BCUT2D eigenvalue weighted by Crippen LogP contribution is -2.36. The lowest BCUT2D eigenvalue weighted by molar-refractivity contribution is -0.137. The highest BCUT2D eigenvalue weighted by molar-refractivity contribution is 7.92. The fourth-order valence-electron chi connectivity index (χ4n) is 3.13. The van der Waals surface area contributed by atoms with Gasteiger partial charge in [0.15, 0.2) is 0 Å². The third-order valence-corrected chi connectivity index (χ3v) is 6.35. The van der Waals surface area contributed by atoms with Crippen LogP contribution in [0.2, 0.25) is 0 Å². The van der Waals surface area contributed by atoms with Gasteiger partial charge in [-0.25, -0.2) is 8.42 Å². The van der Waals surface area contributed by atoms with Crippen LogP contribution in [0.4, 0.5) is 24.5 Å². The zero-order chi connectivity index (χ0) is 20.5. The van der Waals surface area contributed by atoms with E-state index < -0.39 is 27.7 Å². The van der Waals surface area contributed by atoms with E-state index in [4.69, 9.17) is 0 Å². The summed E-state index contributed by atoms with van der Waals surface area (Å²) in [5, 5.41) is 2.58. The molecule has 0 radical (unpaired) electrons. The van der Waals surface area contributed by atoms with Crippen LogP contribution in [0.1, 0.15) is 34.8 Å². The number of halogens is 3. The smallest absolute Gasteiger partial charge is 0.322 e. The Hall–Kier alpha value is -2.55. The Balaban J connectivity index is 1.84. The van der Waals surface area contributed by atoms with E-state index in [0.717, 1.165) is 17.7 Å². The Morgan fingerprint density at radius 3 is 2.61 bits per heavy atom. The molecule has 2 aromatic rings. The predicted molar refractivity (Wildman–Crippen MR) is 101 cm³/mol. The molecule has 150 valence electrons. The van der Waals surface area contributed by atoms with E-state index >= 15 is 0 Å². The Morgan fingerprint density at radius 2 is 1.93 bits per heavy atom. The number of benzene rings is 2. The van der Waals surface area contributed by atoms with E-state index in [1.165, 1.54) is 16.4 Å². The van der Waals surface area contributed by atoms with Gasteiger partial charge in [-0.3, -0.25) is 9.10 Å². The van der Waals surface area contributed by atoms with Gasteiger partial charge in [-0.15, -0.1) is 0 Å². The number of alkyl halides is 3. The second-order valence-corrected chi connectivity index (χ2v) is 8.63. The summed E-state index contributed by atoms with van der Waals surface area (Å²) in [6.45, 7) is 1.98. The summed E-state index contributed by atoms with van der Waals surface area (Å²) in [5.41, 5.74) is 0.737. The molecule has 0 spiro atoms. The highest BCUT2D eigenvalue weighted by Crippen LogP contribution is 2.32. The van der Waals surface area contributed by atoms with E-state index in [1.54, 1.807) is 25.1 Å². The lowest BCUT2D eigenvalue weighted by Gasteiger charge is -2.30. The number of hydrogen-bond acceptors (Lipinski definition) is 3. The Morgan fingerprint density at radius 1 is 1.18 bits per heavy atom. The summed E-state index contributed by atoms with van der Waals surface area (Å²) in [4.78, 5) is 12.3. The van der Waals surface area contributed by atoms with Crippen LogP contribution in [0, 0.1) is 0 Å². The SMILES string of the molecule is CCS(=O)(=O)N1CCCc2cc(NC(=O)c3cccc(C(F)(F)F)c3)ccc21. The number of nitrogens with zero attached hydrogens (tertiary/aromatic N) is 1. The number of hydrogen-bond donors (Lipinski definition) is 1. The third-order valence-electron chi connectivity index (χ3n) is 4.57. The van der Waals surface area contributed by atoms with Crippen LogP contribution in [0.5, 0.6) is 0 Å². The van der Waals surface area contributed by atoms with Gasteiger partial charge in [0.25, 0.3) is 5.91 Å². The molecule has 1 aliphatic rings. The van der Waals surface area contributed by atoms with Crippen molar-refractivity contribution >= 4 is 27.3 Å². The van der Waals surface area contributed by atoms with E-state index in [2.05, 4.69) is 5.32 Å². The Labute approximate surface area is 161 Å². The second kappa shape index (κ2) is 7.46. The Kier molecular flexibility index (Phi) is 5.38. The quantitative estimate of drug-likeness (QED) is 0.824. The molecule has 5 nitrogen and oxygen atoms in total. The summed E-state index contributed by atoms with van der Waals surface area (Å²) in [7, 11) is -3.39. The maximum absolute atomic E-state index is 12.8. The van der Waals surface area contributed by atoms with Crippen molar-refractivity contribution in [1.82, 2.24) is 0 Å². The Bertz CT molecular complexity index is 1000. The van der Waals surface area contributed by atoms with Crippen LogP contribution in [0.3, 0.4) is 0 Å². The number of rotatable bonds is 4. The zero-order valence-corrected chi connectivity index (χ0v) is 15.9. The van der Waals surface area contributed by atoms with Crippen LogP contribution in [-0.2, 0) is 22.6 Å². The maximum atomic E-state index is 12.8. The standard InChI is InChI=1S/C19H19F3N2O3S/c1-2-28(26,27)24-10-4-6-13-12-16(8-9-17(13)24)23-18(25)14-5-3-7-15(11-14)19(20,21)22/h3,5,7-9,11-12H,2,4,6,10H2,1H3,(H,23,25). The first-order chi connectivity index (χ1) is 13.1. The minimum absolute atomic E-state index is 0.0134. The molecular formula is C19H19F3N2O3S. The van der Waals surface area contributed by atoms with Gasteiger partial charge in [-0.05, 0) is 61.7 Å². The molecule has 0 aliphatic carbocycles. The van der Waals surface area contributed by atoms with Crippen molar-refractivity contribution in [1.29, 1.82) is 0 Å². The first-order valence-corrected chi connectivity index (χ1v) is 10.3. The normalized spacial score (nSPS) is 14.5. The number of nitrogens with one attached hydrogen (secondary N) is 1. The number of fused-ring (bicyclic) bond motifs is 1. The summed E-state index contributed by atoms with van der Waals surface area (Å²) < 4.78 is 64.3. The highest BCUT2D eigenvalue weighted by atomic mass is 32.2. The number of amides is 1. The molecule has 3 rings (SSSR count). The van der Waals surface area contributed by atoms with Gasteiger partial charge < -0.3 is 5.32 Å². The van der Waals surface area contributed by atoms with Crippen molar-refractivity contribution in [3.8, 4) is 0 Å². The van der Waals surface area contributed by atoms with Crippen molar-refractivity contribution in [3.63, 3.8) is 0 Å². The van der Waals surface area contributed by atoms with Gasteiger partial charge in [0.05, 0.1) is 17.0 Å². The fourth-order valence-corrected chi connectivity index (χ4v) is 4.32. The molecule has 2 aromatic carbocycles. The van der Waals surface area contributed by atoms with Crippen molar-refractivity contribution in [3.05, 3.63) is 59.2 Å². The lowest BCUT2D eigenvalue weighted by atomic mass is 10.0. The van der Waals surface area contributed by atoms with Crippen molar-refractivity contribution < 1.29 is 26.4 Å². The minimum atomic E-state index is -4.53. The topological polar surface area (TPSA) is 66.5 Å². The van der Waals surface area contributed by atoms with Crippen LogP contribution in [0.15, 0.2) is 42.5 Å². The molecule has 1 amide bonds. The number of carbonyl (C=O) groups is 1. The summed E-state index contributed by atoms with van der Waals surface area (Å²) in [5.74, 6) is -0.680. The number of carbonyl (C=O) groups excluding carboxylic acids is 1. The molecule has 0 unspecified atom stereocenters. The molecule has 1 N–H and O–H groups in total. The molecule has 0 aromatic heterocycles. The monoisotopic (exact) mass is 412 g/mol. The fraction of sp³-hybridized carbons (Fsp3) is 0.316. The van der Waals surface area contributed by atoms with Gasteiger partial charge >= 0.3 is 6.18 Å². The van der Waals surface area contributed by atoms with Crippen LogP contribution < -0.4 is 9.62 Å². The molecule has 0 bridgehead atoms. The molecule has 0 saturated heterocycles. The first-order valence-electron chi connectivity index (χ1n) is 8.74. The summed E-state index contributed by atoms with van der Waals surface area (Å²) >= 11 is 0. The van der Waals surface area contributed by atoms with Crippen LogP contribution >= 0.6 is 0 Å². The van der Waals surface area contributed by atoms with Gasteiger partial charge in [0.1, 0.15) is 0 Å². The zero-order valence-electron chi connectivity index (χ0n) is 15.1. The molecule has 0 saturated carbocycles. The second-order valence-electron chi connectivity index (χ2n) is 6.45. The first kappa shape index (κ1) is 20.2. The average molecular weight is 412 g/mol. The number of anilines is 2. The van der Waals surface area contributed by atoms with Crippen molar-refractivity contribution in [2.75, 3.05) is 21.9 Å². The minimum Gasteiger partial charge on any atom is -0.322 e. The van der Waals surface area contributed by atoms with Gasteiger partial charge in [0, 0.05) is 17.8 Å². The number of aryl methyl sites for hydroxylation is 1. The van der Waals surface area contributed by atoms with Gasteiger partial charge in [0.2, 0.25) is 10.0 Å². The van der Waals surface area contributed by atoms with Crippen molar-refractivity contribution in [2.24, 2.45) is 0 Å². The van der Waals surface area contributed by atoms with Gasteiger partial charge in [-0.1, -0.05) is 6.07 Å². The largest absolute Gasteiger partial charge is 0.416 e. The number of sulfonamides is 1. The molecule has 9 heteroatoms. The molecule has 1 heterocycles.